The van der Waals surface area contributed by atoms with Gasteiger partial charge in [0, 0.05) is 30.1 Å². The van der Waals surface area contributed by atoms with E-state index < -0.39 is 0 Å². The Morgan fingerprint density at radius 3 is 2.52 bits per heavy atom. The average Bonchev–Trinajstić information content (AvgIpc) is 3.46. The van der Waals surface area contributed by atoms with Crippen LogP contribution < -0.4 is 5.32 Å². The number of fused-ring (bicyclic) bond motifs is 1. The summed E-state index contributed by atoms with van der Waals surface area (Å²) >= 11 is 0. The molecule has 0 fully saturated rings. The van der Waals surface area contributed by atoms with Crippen LogP contribution in [0.2, 0.25) is 0 Å². The van der Waals surface area contributed by atoms with Gasteiger partial charge in [-0.2, -0.15) is 19.7 Å². The largest absolute Gasteiger partial charge is 0.363 e. The van der Waals surface area contributed by atoms with Crippen molar-refractivity contribution in [3.8, 4) is 16.9 Å². The molecule has 2 aromatic carbocycles. The summed E-state index contributed by atoms with van der Waals surface area (Å²) in [7, 11) is 0. The van der Waals surface area contributed by atoms with E-state index in [1.165, 1.54) is 6.33 Å². The van der Waals surface area contributed by atoms with Crippen LogP contribution in [-0.2, 0) is 0 Å². The van der Waals surface area contributed by atoms with Gasteiger partial charge in [-0.15, -0.1) is 0 Å². The number of nitrogens with one attached hydrogen (secondary N) is 1. The van der Waals surface area contributed by atoms with Gasteiger partial charge in [0.15, 0.2) is 0 Å². The summed E-state index contributed by atoms with van der Waals surface area (Å²) in [6, 6.07) is 22.4. The summed E-state index contributed by atoms with van der Waals surface area (Å²) in [4.78, 5) is 8.90. The van der Waals surface area contributed by atoms with E-state index in [-0.39, 0.29) is 6.04 Å². The Labute approximate surface area is 167 Å². The van der Waals surface area contributed by atoms with Crippen LogP contribution in [0.25, 0.3) is 22.7 Å². The van der Waals surface area contributed by atoms with Gasteiger partial charge in [-0.25, -0.2) is 9.67 Å². The maximum Gasteiger partial charge on any atom is 0.254 e. The third kappa shape index (κ3) is 3.34. The average molecular weight is 381 g/mol. The summed E-state index contributed by atoms with van der Waals surface area (Å²) in [5.41, 5.74) is 4.08. The van der Waals surface area contributed by atoms with E-state index in [4.69, 9.17) is 0 Å². The van der Waals surface area contributed by atoms with Crippen LogP contribution in [-0.4, -0.2) is 29.4 Å². The van der Waals surface area contributed by atoms with Crippen molar-refractivity contribution < 1.29 is 0 Å². The first kappa shape index (κ1) is 17.1. The molecule has 3 aromatic heterocycles. The molecule has 5 rings (SSSR count). The number of anilines is 1. The summed E-state index contributed by atoms with van der Waals surface area (Å²) in [5, 5.41) is 12.1. The highest BCUT2D eigenvalue weighted by molar-refractivity contribution is 5.65. The van der Waals surface area contributed by atoms with E-state index in [1.807, 2.05) is 53.3 Å². The normalized spacial score (nSPS) is 12.2. The molecule has 5 aromatic rings. The molecule has 29 heavy (non-hydrogen) atoms. The number of benzene rings is 2. The Kier molecular flexibility index (Phi) is 4.25. The van der Waals surface area contributed by atoms with Crippen molar-refractivity contribution in [2.75, 3.05) is 5.32 Å². The Balaban J connectivity index is 1.45. The van der Waals surface area contributed by atoms with Crippen molar-refractivity contribution in [1.29, 1.82) is 0 Å². The first-order valence-electron chi connectivity index (χ1n) is 9.41. The molecule has 1 N–H and O–H groups in total. The molecule has 1 unspecified atom stereocenters. The van der Waals surface area contributed by atoms with Gasteiger partial charge in [0.2, 0.25) is 0 Å². The molecule has 0 amide bonds. The second-order valence-electron chi connectivity index (χ2n) is 6.77. The number of aromatic nitrogens is 6. The van der Waals surface area contributed by atoms with Crippen molar-refractivity contribution in [3.05, 3.63) is 91.0 Å². The van der Waals surface area contributed by atoms with E-state index in [1.54, 1.807) is 10.7 Å². The van der Waals surface area contributed by atoms with Crippen LogP contribution in [0.3, 0.4) is 0 Å². The zero-order valence-electron chi connectivity index (χ0n) is 15.8. The molecule has 7 nitrogen and oxygen atoms in total. The van der Waals surface area contributed by atoms with Crippen molar-refractivity contribution in [1.82, 2.24) is 29.4 Å². The minimum absolute atomic E-state index is 0.0695. The Bertz CT molecular complexity index is 1230. The van der Waals surface area contributed by atoms with Gasteiger partial charge in [0.05, 0.1) is 11.4 Å². The first-order chi connectivity index (χ1) is 14.3. The van der Waals surface area contributed by atoms with E-state index in [0.717, 1.165) is 28.3 Å². The van der Waals surface area contributed by atoms with Gasteiger partial charge < -0.3 is 5.32 Å². The van der Waals surface area contributed by atoms with Gasteiger partial charge in [-0.05, 0) is 30.7 Å². The second-order valence-corrected chi connectivity index (χ2v) is 6.77. The number of hydrogen-bond acceptors (Lipinski definition) is 5. The van der Waals surface area contributed by atoms with Crippen molar-refractivity contribution in [2.24, 2.45) is 0 Å². The van der Waals surface area contributed by atoms with Gasteiger partial charge >= 0.3 is 0 Å². The molecule has 0 bridgehead atoms. The van der Waals surface area contributed by atoms with Crippen LogP contribution in [0.5, 0.6) is 0 Å². The second kappa shape index (κ2) is 7.20. The van der Waals surface area contributed by atoms with Crippen LogP contribution >= 0.6 is 0 Å². The maximum absolute atomic E-state index is 4.63. The lowest BCUT2D eigenvalue weighted by Gasteiger charge is -2.17. The summed E-state index contributed by atoms with van der Waals surface area (Å²) < 4.78 is 3.57. The van der Waals surface area contributed by atoms with Gasteiger partial charge in [0.1, 0.15) is 12.1 Å². The molecule has 0 saturated carbocycles. The molecular formula is C22H19N7. The van der Waals surface area contributed by atoms with Crippen molar-refractivity contribution in [2.45, 2.75) is 13.0 Å². The molecular weight excluding hydrogens is 362 g/mol. The van der Waals surface area contributed by atoms with Crippen LogP contribution in [0, 0.1) is 0 Å². The molecule has 0 spiro atoms. The lowest BCUT2D eigenvalue weighted by molar-refractivity contribution is 0.836. The highest BCUT2D eigenvalue weighted by Crippen LogP contribution is 2.25. The Morgan fingerprint density at radius 1 is 0.931 bits per heavy atom. The third-order valence-corrected chi connectivity index (χ3v) is 4.85. The maximum atomic E-state index is 4.63. The van der Waals surface area contributed by atoms with Gasteiger partial charge in [-0.3, -0.25) is 0 Å². The first-order valence-corrected chi connectivity index (χ1v) is 9.41. The van der Waals surface area contributed by atoms with Crippen LogP contribution in [0.15, 0.2) is 85.5 Å². The lowest BCUT2D eigenvalue weighted by Crippen LogP contribution is -2.11. The molecule has 0 aliphatic carbocycles. The van der Waals surface area contributed by atoms with Gasteiger partial charge in [0.25, 0.3) is 5.78 Å². The number of nitrogens with zero attached hydrogens (tertiary/aromatic N) is 6. The zero-order chi connectivity index (χ0) is 19.6. The molecule has 0 radical (unpaired) electrons. The van der Waals surface area contributed by atoms with E-state index >= 15 is 0 Å². The predicted molar refractivity (Wildman–Crippen MR) is 112 cm³/mol. The molecule has 0 saturated heterocycles. The summed E-state index contributed by atoms with van der Waals surface area (Å²) in [6.07, 6.45) is 5.22. The third-order valence-electron chi connectivity index (χ3n) is 4.85. The minimum atomic E-state index is 0.0695. The molecule has 0 aliphatic heterocycles. The van der Waals surface area contributed by atoms with Crippen LogP contribution in [0.4, 0.5) is 5.82 Å². The van der Waals surface area contributed by atoms with Crippen molar-refractivity contribution >= 4 is 11.6 Å². The lowest BCUT2D eigenvalue weighted by atomic mass is 10.1. The fourth-order valence-corrected chi connectivity index (χ4v) is 3.31. The Morgan fingerprint density at radius 2 is 1.76 bits per heavy atom. The molecule has 7 heteroatoms. The number of rotatable bonds is 5. The minimum Gasteiger partial charge on any atom is -0.363 e. The highest BCUT2D eigenvalue weighted by Gasteiger charge is 2.13. The summed E-state index contributed by atoms with van der Waals surface area (Å²) in [5.74, 6) is 1.41. The highest BCUT2D eigenvalue weighted by atomic mass is 15.4. The molecule has 0 aliphatic rings. The Hall–Kier alpha value is -4.00. The zero-order valence-corrected chi connectivity index (χ0v) is 15.8. The topological polar surface area (TPSA) is 72.9 Å². The molecule has 3 heterocycles. The van der Waals surface area contributed by atoms with Crippen molar-refractivity contribution in [3.63, 3.8) is 0 Å². The van der Waals surface area contributed by atoms with E-state index in [0.29, 0.717) is 5.78 Å². The smallest absolute Gasteiger partial charge is 0.254 e. The molecule has 1 atom stereocenters. The molecule has 142 valence electrons. The summed E-state index contributed by atoms with van der Waals surface area (Å²) in [6.45, 7) is 2.12. The van der Waals surface area contributed by atoms with Gasteiger partial charge in [-0.1, -0.05) is 42.5 Å². The quantitative estimate of drug-likeness (QED) is 0.495. The SMILES string of the molecule is CC(Nc1cc(-c2ccccc2)nc2ncnn12)c1ccc(-n2cccn2)cc1. The number of hydrogen-bond donors (Lipinski definition) is 1. The van der Waals surface area contributed by atoms with Crippen LogP contribution in [0.1, 0.15) is 18.5 Å². The fourth-order valence-electron chi connectivity index (χ4n) is 3.31. The van der Waals surface area contributed by atoms with E-state index in [9.17, 15) is 0 Å². The fraction of sp³-hybridized carbons (Fsp3) is 0.0909. The van der Waals surface area contributed by atoms with E-state index in [2.05, 4.69) is 56.7 Å². The standard InChI is InChI=1S/C22H19N7/c1-16(17-8-10-19(11-9-17)28-13-5-12-24-28)26-21-14-20(18-6-3-2-4-7-18)27-22-23-15-25-29(21)22/h2-16,26H,1H3. The monoisotopic (exact) mass is 381 g/mol. The predicted octanol–water partition coefficient (Wildman–Crippen LogP) is 4.15.